The molecule has 0 aliphatic rings. The van der Waals surface area contributed by atoms with Crippen LogP contribution < -0.4 is 5.73 Å². The lowest BCUT2D eigenvalue weighted by molar-refractivity contribution is -0.137. The summed E-state index contributed by atoms with van der Waals surface area (Å²) in [6, 6.07) is 11.0. The van der Waals surface area contributed by atoms with Gasteiger partial charge in [0, 0.05) is 22.4 Å². The molecule has 3 rings (SSSR count). The second-order valence-corrected chi connectivity index (χ2v) is 5.87. The van der Waals surface area contributed by atoms with E-state index in [1.54, 1.807) is 0 Å². The third-order valence-electron chi connectivity index (χ3n) is 4.08. The molecule has 0 heterocycles. The molecule has 0 radical (unpaired) electrons. The zero-order valence-corrected chi connectivity index (χ0v) is 13.8. The maximum absolute atomic E-state index is 13.8. The lowest BCUT2D eigenvalue weighted by Gasteiger charge is -2.18. The zero-order valence-electron chi connectivity index (χ0n) is 13.8. The first kappa shape index (κ1) is 18.3. The van der Waals surface area contributed by atoms with Crippen molar-refractivity contribution < 1.29 is 22.7 Å². The molecule has 0 aliphatic carbocycles. The van der Waals surface area contributed by atoms with Crippen molar-refractivity contribution in [1.29, 1.82) is 0 Å². The number of halogens is 4. The van der Waals surface area contributed by atoms with Crippen LogP contribution in [0.25, 0.3) is 22.3 Å². The van der Waals surface area contributed by atoms with E-state index in [0.29, 0.717) is 11.1 Å². The van der Waals surface area contributed by atoms with Crippen LogP contribution in [0.1, 0.15) is 11.1 Å². The molecule has 0 amide bonds. The Labute approximate surface area is 152 Å². The Bertz CT molecular complexity index is 1050. The first-order chi connectivity index (χ1) is 12.7. The molecule has 0 atom stereocenters. The maximum Gasteiger partial charge on any atom is 0.416 e. The Morgan fingerprint density at radius 2 is 1.59 bits per heavy atom. The third kappa shape index (κ3) is 3.58. The van der Waals surface area contributed by atoms with Crippen molar-refractivity contribution in [2.75, 3.05) is 5.73 Å². The van der Waals surface area contributed by atoms with E-state index in [0.717, 1.165) is 18.2 Å². The highest BCUT2D eigenvalue weighted by atomic mass is 19.4. The Morgan fingerprint density at radius 3 is 2.19 bits per heavy atom. The molecule has 0 unspecified atom stereocenters. The minimum Gasteiger partial charge on any atom is -0.508 e. The van der Waals surface area contributed by atoms with Crippen molar-refractivity contribution in [3.63, 3.8) is 0 Å². The lowest BCUT2D eigenvalue weighted by atomic mass is 9.89. The summed E-state index contributed by atoms with van der Waals surface area (Å²) in [7, 11) is 0. The van der Waals surface area contributed by atoms with Gasteiger partial charge in [0.25, 0.3) is 0 Å². The highest BCUT2D eigenvalue weighted by Crippen LogP contribution is 2.43. The molecular weight excluding hydrogens is 358 g/mol. The second kappa shape index (κ2) is 6.69. The summed E-state index contributed by atoms with van der Waals surface area (Å²) < 4.78 is 53.7. The summed E-state index contributed by atoms with van der Waals surface area (Å²) in [5, 5.41) is 9.47. The van der Waals surface area contributed by atoms with Gasteiger partial charge in [0.1, 0.15) is 11.6 Å². The maximum atomic E-state index is 13.8. The van der Waals surface area contributed by atoms with Crippen molar-refractivity contribution in [1.82, 2.24) is 0 Å². The Kier molecular flexibility index (Phi) is 4.54. The average Bonchev–Trinajstić information content (AvgIpc) is 2.61. The largest absolute Gasteiger partial charge is 0.508 e. The van der Waals surface area contributed by atoms with Gasteiger partial charge in [0.05, 0.1) is 5.56 Å². The van der Waals surface area contributed by atoms with Gasteiger partial charge in [-0.05, 0) is 53.6 Å². The van der Waals surface area contributed by atoms with Gasteiger partial charge in [-0.3, -0.25) is 0 Å². The highest BCUT2D eigenvalue weighted by molar-refractivity contribution is 5.93. The van der Waals surface area contributed by atoms with Gasteiger partial charge in [-0.2, -0.15) is 13.2 Å². The van der Waals surface area contributed by atoms with E-state index in [-0.39, 0.29) is 28.1 Å². The van der Waals surface area contributed by atoms with Crippen LogP contribution in [0.3, 0.4) is 0 Å². The molecule has 0 aromatic heterocycles. The molecule has 2 nitrogen and oxygen atoms in total. The number of phenolic OH excluding ortho intramolecular Hbond substituents is 1. The van der Waals surface area contributed by atoms with E-state index in [9.17, 15) is 22.7 Å². The molecule has 3 N–H and O–H groups in total. The minimum absolute atomic E-state index is 0.0460. The van der Waals surface area contributed by atoms with E-state index in [4.69, 9.17) is 12.2 Å². The number of hydrogen-bond acceptors (Lipinski definition) is 2. The fraction of sp³-hybridized carbons (Fsp3) is 0.0476. The number of nitrogens with two attached hydrogens (primary N) is 1. The third-order valence-corrected chi connectivity index (χ3v) is 4.08. The Morgan fingerprint density at radius 1 is 0.926 bits per heavy atom. The summed E-state index contributed by atoms with van der Waals surface area (Å²) in [4.78, 5) is 0. The predicted molar refractivity (Wildman–Crippen MR) is 96.3 cm³/mol. The summed E-state index contributed by atoms with van der Waals surface area (Å²) in [6.07, 6.45) is 0.854. The van der Waals surface area contributed by atoms with E-state index in [1.165, 1.54) is 36.4 Å². The molecular formula is C21H13F4NO. The number of alkyl halides is 3. The van der Waals surface area contributed by atoms with Crippen LogP contribution in [-0.2, 0) is 6.18 Å². The molecule has 0 fully saturated rings. The zero-order chi connectivity index (χ0) is 19.8. The van der Waals surface area contributed by atoms with Gasteiger partial charge in [-0.25, -0.2) is 4.39 Å². The van der Waals surface area contributed by atoms with Crippen molar-refractivity contribution in [2.24, 2.45) is 0 Å². The number of terminal acetylenes is 1. The van der Waals surface area contributed by atoms with Crippen LogP contribution >= 0.6 is 0 Å². The van der Waals surface area contributed by atoms with Crippen LogP contribution in [-0.4, -0.2) is 5.11 Å². The van der Waals surface area contributed by atoms with Gasteiger partial charge in [0.2, 0.25) is 0 Å². The lowest BCUT2D eigenvalue weighted by Crippen LogP contribution is -2.07. The quantitative estimate of drug-likeness (QED) is 0.358. The number of anilines is 1. The second-order valence-electron chi connectivity index (χ2n) is 5.87. The van der Waals surface area contributed by atoms with Crippen LogP contribution in [0, 0.1) is 18.2 Å². The van der Waals surface area contributed by atoms with Crippen LogP contribution in [0.2, 0.25) is 0 Å². The summed E-state index contributed by atoms with van der Waals surface area (Å²) in [5.74, 6) is 1.75. The van der Waals surface area contributed by atoms with E-state index in [1.807, 2.05) is 0 Å². The van der Waals surface area contributed by atoms with Crippen LogP contribution in [0.5, 0.6) is 5.75 Å². The number of benzene rings is 3. The first-order valence-corrected chi connectivity index (χ1v) is 7.77. The summed E-state index contributed by atoms with van der Waals surface area (Å²) in [6.45, 7) is 0. The van der Waals surface area contributed by atoms with Crippen LogP contribution in [0.4, 0.5) is 23.2 Å². The fourth-order valence-corrected chi connectivity index (χ4v) is 2.85. The summed E-state index contributed by atoms with van der Waals surface area (Å²) in [5.41, 5.74) is 6.03. The molecule has 0 aliphatic heterocycles. The molecule has 27 heavy (non-hydrogen) atoms. The molecule has 3 aromatic carbocycles. The van der Waals surface area contributed by atoms with Gasteiger partial charge >= 0.3 is 6.18 Å². The van der Waals surface area contributed by atoms with Gasteiger partial charge in [-0.1, -0.05) is 18.1 Å². The normalized spacial score (nSPS) is 11.2. The Hall–Kier alpha value is -3.46. The highest BCUT2D eigenvalue weighted by Gasteiger charge is 2.32. The number of phenols is 1. The van der Waals surface area contributed by atoms with Crippen LogP contribution in [0.15, 0.2) is 54.6 Å². The molecule has 6 heteroatoms. The average molecular weight is 371 g/mol. The summed E-state index contributed by atoms with van der Waals surface area (Å²) >= 11 is 0. The standard InChI is InChI=1S/C21H13F4NO/c1-2-12-3-6-15(22)11-18(12)20-17(13-4-7-16(27)8-5-13)9-14(10-19(20)26)21(23,24)25/h1,3-11,27H,26H2. The number of hydrogen-bond donors (Lipinski definition) is 2. The van der Waals surface area contributed by atoms with E-state index >= 15 is 0 Å². The molecule has 0 bridgehead atoms. The topological polar surface area (TPSA) is 46.2 Å². The molecule has 0 saturated heterocycles. The van der Waals surface area contributed by atoms with Gasteiger partial charge < -0.3 is 10.8 Å². The van der Waals surface area contributed by atoms with Crippen molar-refractivity contribution in [2.45, 2.75) is 6.18 Å². The molecule has 0 saturated carbocycles. The van der Waals surface area contributed by atoms with Crippen molar-refractivity contribution in [3.05, 3.63) is 71.5 Å². The van der Waals surface area contributed by atoms with Crippen molar-refractivity contribution >= 4 is 5.69 Å². The van der Waals surface area contributed by atoms with Gasteiger partial charge in [-0.15, -0.1) is 6.42 Å². The van der Waals surface area contributed by atoms with E-state index < -0.39 is 17.6 Å². The SMILES string of the molecule is C#Cc1ccc(F)cc1-c1c(N)cc(C(F)(F)F)cc1-c1ccc(O)cc1. The van der Waals surface area contributed by atoms with Crippen molar-refractivity contribution in [3.8, 4) is 40.3 Å². The first-order valence-electron chi connectivity index (χ1n) is 7.77. The minimum atomic E-state index is -4.62. The molecule has 3 aromatic rings. The fourth-order valence-electron chi connectivity index (χ4n) is 2.85. The number of nitrogen functional groups attached to an aromatic ring is 1. The monoisotopic (exact) mass is 371 g/mol. The molecule has 0 spiro atoms. The van der Waals surface area contributed by atoms with E-state index in [2.05, 4.69) is 5.92 Å². The smallest absolute Gasteiger partial charge is 0.416 e. The predicted octanol–water partition coefficient (Wildman–Crippen LogP) is 5.45. The van der Waals surface area contributed by atoms with Gasteiger partial charge in [0.15, 0.2) is 0 Å². The molecule has 136 valence electrons. The number of rotatable bonds is 2. The Balaban J connectivity index is 2.39. The number of aromatic hydroxyl groups is 1.